The lowest BCUT2D eigenvalue weighted by Gasteiger charge is -2.08. The first-order valence-corrected chi connectivity index (χ1v) is 8.96. The maximum Gasteiger partial charge on any atom is 0.289 e. The molecule has 0 saturated heterocycles. The number of methoxy groups -OCH3 is 1. The monoisotopic (exact) mass is 378 g/mol. The molecule has 0 aliphatic heterocycles. The number of rotatable bonds is 8. The van der Waals surface area contributed by atoms with Crippen LogP contribution in [0.4, 0.5) is 0 Å². The van der Waals surface area contributed by atoms with E-state index >= 15 is 0 Å². The number of hydrazone groups is 1. The third-order valence-corrected chi connectivity index (χ3v) is 3.94. The smallest absolute Gasteiger partial charge is 0.289 e. The number of H-pyrrole nitrogens is 1. The fraction of sp³-hybridized carbons (Fsp3) is 0.190. The fourth-order valence-electron chi connectivity index (χ4n) is 2.51. The first kappa shape index (κ1) is 19.2. The van der Waals surface area contributed by atoms with Crippen LogP contribution in [-0.4, -0.2) is 36.0 Å². The first-order valence-electron chi connectivity index (χ1n) is 8.96. The van der Waals surface area contributed by atoms with E-state index in [1.54, 1.807) is 19.4 Å². The van der Waals surface area contributed by atoms with Gasteiger partial charge in [-0.25, -0.2) is 5.43 Å². The summed E-state index contributed by atoms with van der Waals surface area (Å²) in [6, 6.07) is 16.6. The summed E-state index contributed by atoms with van der Waals surface area (Å²) >= 11 is 0. The van der Waals surface area contributed by atoms with Gasteiger partial charge in [0.1, 0.15) is 17.2 Å². The van der Waals surface area contributed by atoms with Crippen molar-refractivity contribution < 1.29 is 14.3 Å². The van der Waals surface area contributed by atoms with E-state index in [9.17, 15) is 4.79 Å². The van der Waals surface area contributed by atoms with Gasteiger partial charge in [-0.3, -0.25) is 9.89 Å². The van der Waals surface area contributed by atoms with Crippen LogP contribution >= 0.6 is 0 Å². The number of nitrogens with one attached hydrogen (secondary N) is 2. The molecule has 7 nitrogen and oxygen atoms in total. The number of benzene rings is 2. The van der Waals surface area contributed by atoms with Gasteiger partial charge in [0.2, 0.25) is 0 Å². The zero-order chi connectivity index (χ0) is 19.8. The molecule has 1 aromatic heterocycles. The van der Waals surface area contributed by atoms with Crippen LogP contribution in [-0.2, 0) is 0 Å². The Labute approximate surface area is 163 Å². The van der Waals surface area contributed by atoms with Gasteiger partial charge in [-0.05, 0) is 54.4 Å². The number of para-hydroxylation sites is 1. The molecular weight excluding hydrogens is 356 g/mol. The third-order valence-electron chi connectivity index (χ3n) is 3.94. The second kappa shape index (κ2) is 9.36. The van der Waals surface area contributed by atoms with Crippen molar-refractivity contribution >= 4 is 12.1 Å². The number of hydrogen-bond acceptors (Lipinski definition) is 5. The van der Waals surface area contributed by atoms with Crippen LogP contribution in [0.15, 0.2) is 59.7 Å². The topological polar surface area (TPSA) is 88.6 Å². The fourth-order valence-corrected chi connectivity index (χ4v) is 2.51. The number of amides is 1. The van der Waals surface area contributed by atoms with Gasteiger partial charge in [0, 0.05) is 5.56 Å². The molecule has 0 aliphatic carbocycles. The van der Waals surface area contributed by atoms with Gasteiger partial charge in [-0.15, -0.1) is 0 Å². The number of carbonyl (C=O) groups is 1. The number of aromatic amines is 1. The van der Waals surface area contributed by atoms with Crippen LogP contribution in [0.2, 0.25) is 0 Å². The lowest BCUT2D eigenvalue weighted by atomic mass is 10.1. The van der Waals surface area contributed by atoms with E-state index in [-0.39, 0.29) is 5.91 Å². The molecule has 1 amide bonds. The number of aromatic nitrogens is 2. The predicted octanol–water partition coefficient (Wildman–Crippen LogP) is 3.64. The number of nitrogens with zero attached hydrogens (tertiary/aromatic N) is 2. The van der Waals surface area contributed by atoms with Gasteiger partial charge in [0.25, 0.3) is 5.91 Å². The van der Waals surface area contributed by atoms with Crippen molar-refractivity contribution in [3.05, 3.63) is 65.9 Å². The lowest BCUT2D eigenvalue weighted by molar-refractivity contribution is 0.0950. The third kappa shape index (κ3) is 4.76. The standard InChI is InChI=1S/C21H22N4O3/c1-3-12-28-20-7-5-4-6-17(20)18-13-19(24-23-18)21(26)25-22-14-15-8-10-16(27-2)11-9-15/h4-11,13-14H,3,12H2,1-2H3,(H,23,24)(H,25,26)/b22-14-. The van der Waals surface area contributed by atoms with Crippen LogP contribution in [0.3, 0.4) is 0 Å². The highest BCUT2D eigenvalue weighted by Crippen LogP contribution is 2.28. The van der Waals surface area contributed by atoms with E-state index in [0.29, 0.717) is 18.0 Å². The summed E-state index contributed by atoms with van der Waals surface area (Å²) in [7, 11) is 1.61. The van der Waals surface area contributed by atoms with Crippen molar-refractivity contribution in [3.63, 3.8) is 0 Å². The minimum absolute atomic E-state index is 0.312. The second-order valence-corrected chi connectivity index (χ2v) is 5.98. The summed E-state index contributed by atoms with van der Waals surface area (Å²) in [5, 5.41) is 10.9. The zero-order valence-corrected chi connectivity index (χ0v) is 15.8. The minimum atomic E-state index is -0.379. The summed E-state index contributed by atoms with van der Waals surface area (Å²) in [4.78, 5) is 12.3. The Balaban J connectivity index is 1.66. The summed E-state index contributed by atoms with van der Waals surface area (Å²) in [6.07, 6.45) is 2.47. The maximum atomic E-state index is 12.3. The van der Waals surface area contributed by atoms with Gasteiger partial charge < -0.3 is 9.47 Å². The summed E-state index contributed by atoms with van der Waals surface area (Å²) in [5.74, 6) is 1.12. The van der Waals surface area contributed by atoms with E-state index in [0.717, 1.165) is 29.0 Å². The van der Waals surface area contributed by atoms with Crippen molar-refractivity contribution in [2.24, 2.45) is 5.10 Å². The van der Waals surface area contributed by atoms with Crippen LogP contribution in [0.25, 0.3) is 11.3 Å². The van der Waals surface area contributed by atoms with E-state index in [1.165, 1.54) is 0 Å². The van der Waals surface area contributed by atoms with Gasteiger partial charge in [0.05, 0.1) is 25.6 Å². The molecular formula is C21H22N4O3. The van der Waals surface area contributed by atoms with Crippen molar-refractivity contribution in [2.45, 2.75) is 13.3 Å². The Morgan fingerprint density at radius 2 is 2.00 bits per heavy atom. The average Bonchev–Trinajstić information content (AvgIpc) is 3.23. The van der Waals surface area contributed by atoms with Crippen LogP contribution in [0.1, 0.15) is 29.4 Å². The Bertz CT molecular complexity index is 948. The highest BCUT2D eigenvalue weighted by atomic mass is 16.5. The Morgan fingerprint density at radius 3 is 2.75 bits per heavy atom. The maximum absolute atomic E-state index is 12.3. The molecule has 0 radical (unpaired) electrons. The van der Waals surface area contributed by atoms with Gasteiger partial charge in [0.15, 0.2) is 0 Å². The highest BCUT2D eigenvalue weighted by Gasteiger charge is 2.13. The Hall–Kier alpha value is -3.61. The highest BCUT2D eigenvalue weighted by molar-refractivity contribution is 5.94. The second-order valence-electron chi connectivity index (χ2n) is 5.98. The molecule has 0 aliphatic rings. The summed E-state index contributed by atoms with van der Waals surface area (Å²) in [6.45, 7) is 2.67. The molecule has 2 aromatic carbocycles. The molecule has 3 aromatic rings. The summed E-state index contributed by atoms with van der Waals surface area (Å²) < 4.78 is 10.9. The van der Waals surface area contributed by atoms with Crippen molar-refractivity contribution in [1.29, 1.82) is 0 Å². The lowest BCUT2D eigenvalue weighted by Crippen LogP contribution is -2.17. The van der Waals surface area contributed by atoms with Crippen molar-refractivity contribution in [2.75, 3.05) is 13.7 Å². The molecule has 2 N–H and O–H groups in total. The first-order chi connectivity index (χ1) is 13.7. The van der Waals surface area contributed by atoms with E-state index in [2.05, 4.69) is 20.7 Å². The molecule has 0 saturated carbocycles. The predicted molar refractivity (Wildman–Crippen MR) is 108 cm³/mol. The van der Waals surface area contributed by atoms with Crippen molar-refractivity contribution in [3.8, 4) is 22.8 Å². The minimum Gasteiger partial charge on any atom is -0.497 e. The zero-order valence-electron chi connectivity index (χ0n) is 15.8. The van der Waals surface area contributed by atoms with E-state index in [1.807, 2.05) is 55.5 Å². The van der Waals surface area contributed by atoms with Crippen molar-refractivity contribution in [1.82, 2.24) is 15.6 Å². The quantitative estimate of drug-likeness (QED) is 0.463. The average molecular weight is 378 g/mol. The van der Waals surface area contributed by atoms with Crippen LogP contribution in [0, 0.1) is 0 Å². The molecule has 0 atom stereocenters. The van der Waals surface area contributed by atoms with E-state index < -0.39 is 0 Å². The van der Waals surface area contributed by atoms with Gasteiger partial charge >= 0.3 is 0 Å². The molecule has 3 rings (SSSR count). The molecule has 0 spiro atoms. The van der Waals surface area contributed by atoms with E-state index in [4.69, 9.17) is 9.47 Å². The SMILES string of the molecule is CCCOc1ccccc1-c1cc(C(=O)N/N=C\c2ccc(OC)cc2)[nH]n1. The van der Waals surface area contributed by atoms with Gasteiger partial charge in [-0.2, -0.15) is 10.2 Å². The normalized spacial score (nSPS) is 10.8. The molecule has 1 heterocycles. The molecule has 28 heavy (non-hydrogen) atoms. The number of hydrogen-bond donors (Lipinski definition) is 2. The molecule has 0 unspecified atom stereocenters. The largest absolute Gasteiger partial charge is 0.497 e. The number of ether oxygens (including phenoxy) is 2. The summed E-state index contributed by atoms with van der Waals surface area (Å²) in [5.41, 5.74) is 5.10. The molecule has 0 fully saturated rings. The Morgan fingerprint density at radius 1 is 1.21 bits per heavy atom. The van der Waals surface area contributed by atoms with Crippen LogP contribution < -0.4 is 14.9 Å². The molecule has 0 bridgehead atoms. The molecule has 7 heteroatoms. The Kier molecular flexibility index (Phi) is 6.41. The molecule has 144 valence electrons. The van der Waals surface area contributed by atoms with Gasteiger partial charge in [-0.1, -0.05) is 19.1 Å². The number of carbonyl (C=O) groups excluding carboxylic acids is 1. The van der Waals surface area contributed by atoms with Crippen LogP contribution in [0.5, 0.6) is 11.5 Å².